The number of nitrogens with one attached hydrogen (secondary N) is 1. The Balaban J connectivity index is 2.20. The number of benzene rings is 2. The van der Waals surface area contributed by atoms with Gasteiger partial charge in [0.25, 0.3) is 5.91 Å². The number of carbonyl (C=O) groups excluding carboxylic acids is 1. The molecule has 5 nitrogen and oxygen atoms in total. The molecule has 2 aromatic rings. The second-order valence-electron chi connectivity index (χ2n) is 5.94. The van der Waals surface area contributed by atoms with Crippen LogP contribution in [0.5, 0.6) is 0 Å². The van der Waals surface area contributed by atoms with Crippen LogP contribution in [0.2, 0.25) is 0 Å². The van der Waals surface area contributed by atoms with E-state index in [2.05, 4.69) is 4.72 Å². The molecule has 0 fully saturated rings. The van der Waals surface area contributed by atoms with Crippen molar-refractivity contribution >= 4 is 15.9 Å². The van der Waals surface area contributed by atoms with Crippen LogP contribution in [0.3, 0.4) is 0 Å². The molecule has 0 radical (unpaired) electrons. The first-order chi connectivity index (χ1) is 11.9. The van der Waals surface area contributed by atoms with Gasteiger partial charge in [-0.3, -0.25) is 4.79 Å². The predicted molar refractivity (Wildman–Crippen MR) is 98.9 cm³/mol. The lowest BCUT2D eigenvalue weighted by atomic mass is 10.1. The van der Waals surface area contributed by atoms with Crippen LogP contribution in [0.4, 0.5) is 0 Å². The molecular weight excluding hydrogens is 336 g/mol. The molecule has 1 amide bonds. The molecule has 0 heterocycles. The van der Waals surface area contributed by atoms with E-state index in [0.29, 0.717) is 18.7 Å². The average molecular weight is 360 g/mol. The van der Waals surface area contributed by atoms with Crippen LogP contribution in [0, 0.1) is 6.92 Å². The number of aryl methyl sites for hydroxylation is 1. The van der Waals surface area contributed by atoms with Crippen molar-refractivity contribution in [2.75, 3.05) is 13.6 Å². The van der Waals surface area contributed by atoms with Crippen molar-refractivity contribution in [1.82, 2.24) is 9.62 Å². The molecule has 0 saturated heterocycles. The fraction of sp³-hybridized carbons (Fsp3) is 0.316. The highest BCUT2D eigenvalue weighted by Gasteiger charge is 2.17. The highest BCUT2D eigenvalue weighted by Crippen LogP contribution is 2.15. The second kappa shape index (κ2) is 8.27. The molecule has 0 bridgehead atoms. The van der Waals surface area contributed by atoms with Crippen molar-refractivity contribution in [3.05, 3.63) is 65.2 Å². The summed E-state index contributed by atoms with van der Waals surface area (Å²) in [5.74, 6) is -0.101. The van der Waals surface area contributed by atoms with Crippen LogP contribution in [0.15, 0.2) is 53.4 Å². The van der Waals surface area contributed by atoms with Gasteiger partial charge in [0.1, 0.15) is 0 Å². The molecule has 0 atom stereocenters. The van der Waals surface area contributed by atoms with Crippen LogP contribution >= 0.6 is 0 Å². The summed E-state index contributed by atoms with van der Waals surface area (Å²) in [5, 5.41) is 0. The van der Waals surface area contributed by atoms with E-state index in [1.54, 1.807) is 17.0 Å². The molecule has 0 spiro atoms. The summed E-state index contributed by atoms with van der Waals surface area (Å²) >= 11 is 0. The van der Waals surface area contributed by atoms with Gasteiger partial charge >= 0.3 is 0 Å². The smallest absolute Gasteiger partial charge is 0.254 e. The third kappa shape index (κ3) is 4.90. The Kier molecular flexibility index (Phi) is 6.33. The molecule has 0 aromatic heterocycles. The maximum absolute atomic E-state index is 12.8. The number of amides is 1. The van der Waals surface area contributed by atoms with Crippen molar-refractivity contribution < 1.29 is 13.2 Å². The number of hydrogen-bond donors (Lipinski definition) is 1. The van der Waals surface area contributed by atoms with E-state index in [-0.39, 0.29) is 10.8 Å². The summed E-state index contributed by atoms with van der Waals surface area (Å²) in [5.41, 5.74) is 2.73. The van der Waals surface area contributed by atoms with Crippen molar-refractivity contribution in [1.29, 1.82) is 0 Å². The quantitative estimate of drug-likeness (QED) is 0.825. The van der Waals surface area contributed by atoms with Gasteiger partial charge in [-0.25, -0.2) is 13.1 Å². The minimum absolute atomic E-state index is 0.101. The normalized spacial score (nSPS) is 11.3. The minimum Gasteiger partial charge on any atom is -0.334 e. The number of nitrogens with zero attached hydrogens (tertiary/aromatic N) is 1. The standard InChI is InChI=1S/C19H24N2O3S/c1-4-13-21(14-16-7-5-15(2)6-8-16)19(22)17-9-11-18(12-10-17)25(23,24)20-3/h5-12,20H,4,13-14H2,1-3H3. The van der Waals surface area contributed by atoms with Gasteiger partial charge in [0.05, 0.1) is 4.90 Å². The highest BCUT2D eigenvalue weighted by molar-refractivity contribution is 7.89. The minimum atomic E-state index is -3.50. The molecule has 0 aliphatic heterocycles. The highest BCUT2D eigenvalue weighted by atomic mass is 32.2. The fourth-order valence-corrected chi connectivity index (χ4v) is 3.24. The Morgan fingerprint density at radius 2 is 1.64 bits per heavy atom. The maximum Gasteiger partial charge on any atom is 0.254 e. The van der Waals surface area contributed by atoms with Crippen molar-refractivity contribution in [3.8, 4) is 0 Å². The summed E-state index contributed by atoms with van der Waals surface area (Å²) in [7, 11) is -2.14. The third-order valence-corrected chi connectivity index (χ3v) is 5.39. The van der Waals surface area contributed by atoms with Crippen LogP contribution in [-0.2, 0) is 16.6 Å². The van der Waals surface area contributed by atoms with Gasteiger partial charge in [-0.1, -0.05) is 36.8 Å². The first kappa shape index (κ1) is 19.1. The third-order valence-electron chi connectivity index (χ3n) is 3.96. The summed E-state index contributed by atoms with van der Waals surface area (Å²) in [6, 6.07) is 14.1. The van der Waals surface area contributed by atoms with Gasteiger partial charge in [-0.2, -0.15) is 0 Å². The zero-order valence-electron chi connectivity index (χ0n) is 14.8. The summed E-state index contributed by atoms with van der Waals surface area (Å²) < 4.78 is 25.8. The van der Waals surface area contributed by atoms with E-state index in [0.717, 1.165) is 12.0 Å². The first-order valence-electron chi connectivity index (χ1n) is 8.26. The molecule has 2 aromatic carbocycles. The van der Waals surface area contributed by atoms with E-state index in [4.69, 9.17) is 0 Å². The van der Waals surface area contributed by atoms with Crippen LogP contribution in [-0.4, -0.2) is 32.8 Å². The summed E-state index contributed by atoms with van der Waals surface area (Å²) in [6.07, 6.45) is 0.851. The van der Waals surface area contributed by atoms with Crippen molar-refractivity contribution in [3.63, 3.8) is 0 Å². The molecule has 6 heteroatoms. The summed E-state index contributed by atoms with van der Waals surface area (Å²) in [6.45, 7) is 5.23. The zero-order valence-corrected chi connectivity index (χ0v) is 15.6. The van der Waals surface area contributed by atoms with Crippen LogP contribution in [0.25, 0.3) is 0 Å². The van der Waals surface area contributed by atoms with Gasteiger partial charge in [0.15, 0.2) is 0 Å². The van der Waals surface area contributed by atoms with Crippen LogP contribution in [0.1, 0.15) is 34.8 Å². The summed E-state index contributed by atoms with van der Waals surface area (Å²) in [4.78, 5) is 14.7. The molecule has 25 heavy (non-hydrogen) atoms. The Bertz CT molecular complexity index is 813. The van der Waals surface area contributed by atoms with Gasteiger partial charge in [-0.15, -0.1) is 0 Å². The predicted octanol–water partition coefficient (Wildman–Crippen LogP) is 2.96. The van der Waals surface area contributed by atoms with E-state index >= 15 is 0 Å². The molecule has 0 aliphatic carbocycles. The Morgan fingerprint density at radius 3 is 2.16 bits per heavy atom. The van der Waals surface area contributed by atoms with Gasteiger partial charge in [0.2, 0.25) is 10.0 Å². The number of hydrogen-bond acceptors (Lipinski definition) is 3. The first-order valence-corrected chi connectivity index (χ1v) is 9.74. The fourth-order valence-electron chi connectivity index (χ4n) is 2.51. The van der Waals surface area contributed by atoms with E-state index in [9.17, 15) is 13.2 Å². The van der Waals surface area contributed by atoms with E-state index in [1.165, 1.54) is 24.7 Å². The van der Waals surface area contributed by atoms with E-state index < -0.39 is 10.0 Å². The Hall–Kier alpha value is -2.18. The average Bonchev–Trinajstić information content (AvgIpc) is 2.62. The molecule has 0 aliphatic rings. The topological polar surface area (TPSA) is 66.5 Å². The SMILES string of the molecule is CCCN(Cc1ccc(C)cc1)C(=O)c1ccc(S(=O)(=O)NC)cc1. The van der Waals surface area contributed by atoms with Crippen molar-refractivity contribution in [2.24, 2.45) is 0 Å². The second-order valence-corrected chi connectivity index (χ2v) is 7.83. The lowest BCUT2D eigenvalue weighted by molar-refractivity contribution is 0.0743. The van der Waals surface area contributed by atoms with E-state index in [1.807, 2.05) is 38.1 Å². The Labute approximate surface area is 149 Å². The molecule has 134 valence electrons. The molecule has 1 N–H and O–H groups in total. The zero-order chi connectivity index (χ0) is 18.4. The van der Waals surface area contributed by atoms with Crippen LogP contribution < -0.4 is 4.72 Å². The van der Waals surface area contributed by atoms with Crippen molar-refractivity contribution in [2.45, 2.75) is 31.7 Å². The molecule has 0 saturated carbocycles. The number of carbonyl (C=O) groups is 1. The van der Waals surface area contributed by atoms with Gasteiger partial charge < -0.3 is 4.90 Å². The monoisotopic (exact) mass is 360 g/mol. The maximum atomic E-state index is 12.8. The number of sulfonamides is 1. The number of rotatable bonds is 7. The largest absolute Gasteiger partial charge is 0.334 e. The molecule has 2 rings (SSSR count). The molecule has 0 unspecified atom stereocenters. The van der Waals surface area contributed by atoms with Gasteiger partial charge in [0, 0.05) is 18.7 Å². The Morgan fingerprint density at radius 1 is 1.04 bits per heavy atom. The lowest BCUT2D eigenvalue weighted by Gasteiger charge is -2.22. The van der Waals surface area contributed by atoms with Gasteiger partial charge in [-0.05, 0) is 50.2 Å². The molecular formula is C19H24N2O3S. The lowest BCUT2D eigenvalue weighted by Crippen LogP contribution is -2.31.